The molecule has 1 unspecified atom stereocenters. The number of hydrogen-bond acceptors (Lipinski definition) is 2. The van der Waals surface area contributed by atoms with Crippen molar-refractivity contribution >= 4 is 21.9 Å². The van der Waals surface area contributed by atoms with E-state index in [2.05, 4.69) is 15.9 Å². The molecule has 0 aliphatic heterocycles. The van der Waals surface area contributed by atoms with Crippen molar-refractivity contribution in [3.8, 4) is 0 Å². The molecule has 0 radical (unpaired) electrons. The van der Waals surface area contributed by atoms with Gasteiger partial charge in [0.1, 0.15) is 0 Å². The topological polar surface area (TPSA) is 46.5 Å². The largest absolute Gasteiger partial charge is 0.481 e. The predicted molar refractivity (Wildman–Crippen MR) is 72.7 cm³/mol. The number of halogens is 1. The van der Waals surface area contributed by atoms with Gasteiger partial charge in [0, 0.05) is 4.83 Å². The number of benzene rings is 1. The average Bonchev–Trinajstić information content (AvgIpc) is 2.72. The third-order valence-electron chi connectivity index (χ3n) is 3.40. The van der Waals surface area contributed by atoms with Gasteiger partial charge in [-0.25, -0.2) is 0 Å². The van der Waals surface area contributed by atoms with Crippen molar-refractivity contribution in [2.45, 2.75) is 24.3 Å². The summed E-state index contributed by atoms with van der Waals surface area (Å²) in [5, 5.41) is 9.14. The van der Waals surface area contributed by atoms with Crippen LogP contribution in [0.4, 0.5) is 0 Å². The molecule has 18 heavy (non-hydrogen) atoms. The van der Waals surface area contributed by atoms with E-state index < -0.39 is 5.97 Å². The molecule has 0 bridgehead atoms. The number of carboxylic acids is 1. The van der Waals surface area contributed by atoms with Crippen LogP contribution in [0.1, 0.15) is 18.4 Å². The van der Waals surface area contributed by atoms with Gasteiger partial charge >= 0.3 is 5.97 Å². The number of carbonyl (C=O) groups is 1. The highest BCUT2D eigenvalue weighted by Gasteiger charge is 2.37. The summed E-state index contributed by atoms with van der Waals surface area (Å²) in [5.41, 5.74) is 1.12. The lowest BCUT2D eigenvalue weighted by Gasteiger charge is -2.15. The third kappa shape index (κ3) is 3.56. The molecule has 3 atom stereocenters. The highest BCUT2D eigenvalue weighted by molar-refractivity contribution is 9.09. The van der Waals surface area contributed by atoms with Crippen LogP contribution in [0.2, 0.25) is 0 Å². The van der Waals surface area contributed by atoms with Crippen molar-refractivity contribution < 1.29 is 14.6 Å². The first-order valence-electron chi connectivity index (χ1n) is 6.15. The van der Waals surface area contributed by atoms with E-state index in [1.807, 2.05) is 30.3 Å². The molecule has 0 spiro atoms. The second kappa shape index (κ2) is 6.34. The van der Waals surface area contributed by atoms with E-state index in [-0.39, 0.29) is 11.8 Å². The lowest BCUT2D eigenvalue weighted by molar-refractivity contribution is -0.143. The Kier molecular flexibility index (Phi) is 4.78. The van der Waals surface area contributed by atoms with Crippen LogP contribution in [0.3, 0.4) is 0 Å². The lowest BCUT2D eigenvalue weighted by Crippen LogP contribution is -2.22. The Morgan fingerprint density at radius 3 is 2.72 bits per heavy atom. The van der Waals surface area contributed by atoms with Gasteiger partial charge in [-0.2, -0.15) is 0 Å². The lowest BCUT2D eigenvalue weighted by atomic mass is 9.97. The first kappa shape index (κ1) is 13.6. The zero-order valence-corrected chi connectivity index (χ0v) is 11.7. The van der Waals surface area contributed by atoms with E-state index in [4.69, 9.17) is 9.84 Å². The van der Waals surface area contributed by atoms with E-state index in [9.17, 15) is 4.79 Å². The van der Waals surface area contributed by atoms with Crippen LogP contribution in [0.15, 0.2) is 30.3 Å². The van der Waals surface area contributed by atoms with Crippen molar-refractivity contribution in [2.24, 2.45) is 11.8 Å². The molecule has 1 saturated carbocycles. The summed E-state index contributed by atoms with van der Waals surface area (Å²) in [7, 11) is 0. The van der Waals surface area contributed by atoms with Crippen molar-refractivity contribution in [1.82, 2.24) is 0 Å². The number of rotatable bonds is 5. The molecule has 1 aliphatic carbocycles. The maximum Gasteiger partial charge on any atom is 0.306 e. The van der Waals surface area contributed by atoms with Gasteiger partial charge in [0.15, 0.2) is 0 Å². The van der Waals surface area contributed by atoms with Crippen LogP contribution in [0.25, 0.3) is 0 Å². The second-order valence-electron chi connectivity index (χ2n) is 4.77. The van der Waals surface area contributed by atoms with Gasteiger partial charge in [0.05, 0.1) is 19.1 Å². The van der Waals surface area contributed by atoms with Gasteiger partial charge in [-0.05, 0) is 24.3 Å². The van der Waals surface area contributed by atoms with Crippen LogP contribution in [-0.4, -0.2) is 22.5 Å². The molecule has 0 saturated heterocycles. The van der Waals surface area contributed by atoms with Crippen molar-refractivity contribution in [3.63, 3.8) is 0 Å². The third-order valence-corrected chi connectivity index (χ3v) is 4.15. The molecule has 2 rings (SSSR count). The summed E-state index contributed by atoms with van der Waals surface area (Å²) in [5.74, 6) is -0.856. The Labute approximate surface area is 115 Å². The summed E-state index contributed by atoms with van der Waals surface area (Å²) in [6.07, 6.45) is 1.58. The Bertz CT molecular complexity index is 393. The summed E-state index contributed by atoms with van der Waals surface area (Å²) in [6, 6.07) is 9.94. The minimum Gasteiger partial charge on any atom is -0.481 e. The fraction of sp³-hybridized carbons (Fsp3) is 0.500. The summed E-state index contributed by atoms with van der Waals surface area (Å²) < 4.78 is 5.65. The van der Waals surface area contributed by atoms with E-state index in [0.717, 1.165) is 12.0 Å². The highest BCUT2D eigenvalue weighted by atomic mass is 79.9. The number of aliphatic carboxylic acids is 1. The standard InChI is InChI=1S/C14H17BrO3/c15-12-6-11(13(7-12)14(16)17)9-18-8-10-4-2-1-3-5-10/h1-5,11-13H,6-9H2,(H,16,17)/t11-,12+,13?/m1/s1. The SMILES string of the molecule is O=C(O)C1C[C@@H](Br)C[C@@H]1COCc1ccccc1. The van der Waals surface area contributed by atoms with Crippen LogP contribution in [-0.2, 0) is 16.1 Å². The van der Waals surface area contributed by atoms with Crippen molar-refractivity contribution in [1.29, 1.82) is 0 Å². The van der Waals surface area contributed by atoms with Crippen LogP contribution >= 0.6 is 15.9 Å². The average molecular weight is 313 g/mol. The summed E-state index contributed by atoms with van der Waals surface area (Å²) in [4.78, 5) is 11.4. The van der Waals surface area contributed by atoms with Crippen LogP contribution < -0.4 is 0 Å². The Morgan fingerprint density at radius 2 is 2.06 bits per heavy atom. The molecule has 1 fully saturated rings. The molecule has 0 heterocycles. The monoisotopic (exact) mass is 312 g/mol. The smallest absolute Gasteiger partial charge is 0.306 e. The molecular formula is C14H17BrO3. The highest BCUT2D eigenvalue weighted by Crippen LogP contribution is 2.36. The summed E-state index contributed by atoms with van der Waals surface area (Å²) in [6.45, 7) is 1.07. The Morgan fingerprint density at radius 1 is 1.33 bits per heavy atom. The molecule has 0 amide bonds. The maximum absolute atomic E-state index is 11.1. The van der Waals surface area contributed by atoms with E-state index in [1.165, 1.54) is 0 Å². The number of carboxylic acid groups (broad SMARTS) is 1. The molecule has 1 aromatic carbocycles. The van der Waals surface area contributed by atoms with Crippen molar-refractivity contribution in [3.05, 3.63) is 35.9 Å². The molecule has 1 aliphatic rings. The van der Waals surface area contributed by atoms with Crippen molar-refractivity contribution in [2.75, 3.05) is 6.61 Å². The molecule has 1 aromatic rings. The molecule has 1 N–H and O–H groups in total. The van der Waals surface area contributed by atoms with Gasteiger partial charge in [-0.3, -0.25) is 4.79 Å². The van der Waals surface area contributed by atoms with Crippen LogP contribution in [0, 0.1) is 11.8 Å². The van der Waals surface area contributed by atoms with E-state index in [0.29, 0.717) is 24.5 Å². The predicted octanol–water partition coefficient (Wildman–Crippen LogP) is 3.08. The number of hydrogen-bond donors (Lipinski definition) is 1. The molecule has 4 heteroatoms. The molecule has 0 aromatic heterocycles. The number of ether oxygens (including phenoxy) is 1. The fourth-order valence-electron chi connectivity index (χ4n) is 2.45. The molecule has 3 nitrogen and oxygen atoms in total. The minimum atomic E-state index is -0.703. The Balaban J connectivity index is 1.81. The molecule has 98 valence electrons. The first-order chi connectivity index (χ1) is 8.66. The quantitative estimate of drug-likeness (QED) is 0.850. The van der Waals surface area contributed by atoms with Gasteiger partial charge in [-0.1, -0.05) is 46.3 Å². The van der Waals surface area contributed by atoms with Gasteiger partial charge in [-0.15, -0.1) is 0 Å². The Hall–Kier alpha value is -0.870. The zero-order chi connectivity index (χ0) is 13.0. The first-order valence-corrected chi connectivity index (χ1v) is 7.07. The van der Waals surface area contributed by atoms with E-state index >= 15 is 0 Å². The van der Waals surface area contributed by atoms with Gasteiger partial charge in [0.25, 0.3) is 0 Å². The minimum absolute atomic E-state index is 0.121. The maximum atomic E-state index is 11.1. The normalized spacial score (nSPS) is 27.3. The zero-order valence-electron chi connectivity index (χ0n) is 10.1. The second-order valence-corrected chi connectivity index (χ2v) is 6.07. The van der Waals surface area contributed by atoms with E-state index in [1.54, 1.807) is 0 Å². The van der Waals surface area contributed by atoms with Gasteiger partial charge < -0.3 is 9.84 Å². The number of alkyl halides is 1. The summed E-state index contributed by atoms with van der Waals surface area (Å²) >= 11 is 3.51. The fourth-order valence-corrected chi connectivity index (χ4v) is 3.33. The van der Waals surface area contributed by atoms with Gasteiger partial charge in [0.2, 0.25) is 0 Å². The van der Waals surface area contributed by atoms with Crippen LogP contribution in [0.5, 0.6) is 0 Å². The molecular weight excluding hydrogens is 296 g/mol.